The van der Waals surface area contributed by atoms with Crippen LogP contribution in [-0.4, -0.2) is 45.2 Å². The van der Waals surface area contributed by atoms with Crippen LogP contribution in [0, 0.1) is 0 Å². The lowest BCUT2D eigenvalue weighted by Crippen LogP contribution is -2.31. The summed E-state index contributed by atoms with van der Waals surface area (Å²) in [7, 11) is 0. The van der Waals surface area contributed by atoms with Gasteiger partial charge in [-0.05, 0) is 51.1 Å². The molecule has 1 aromatic carbocycles. The first-order valence-electron chi connectivity index (χ1n) is 7.26. The van der Waals surface area contributed by atoms with Crippen molar-refractivity contribution in [3.05, 3.63) is 34.2 Å². The van der Waals surface area contributed by atoms with Gasteiger partial charge in [-0.1, -0.05) is 0 Å². The van der Waals surface area contributed by atoms with Crippen molar-refractivity contribution >= 4 is 17.0 Å². The summed E-state index contributed by atoms with van der Waals surface area (Å²) in [6.07, 6.45) is 2.44. The topological polar surface area (TPSA) is 78.3 Å². The predicted octanol–water partition coefficient (Wildman–Crippen LogP) is 1.68. The molecular weight excluding hydrogens is 270 g/mol. The molecule has 0 saturated carbocycles. The fourth-order valence-electron chi connectivity index (χ4n) is 3.12. The average molecular weight is 289 g/mol. The molecule has 6 heteroatoms. The van der Waals surface area contributed by atoms with E-state index in [1.54, 1.807) is 10.6 Å². The van der Waals surface area contributed by atoms with E-state index in [2.05, 4.69) is 9.88 Å². The van der Waals surface area contributed by atoms with Crippen LogP contribution in [0.2, 0.25) is 0 Å². The molecule has 3 rings (SSSR count). The molecule has 0 amide bonds. The van der Waals surface area contributed by atoms with Gasteiger partial charge in [-0.3, -0.25) is 4.57 Å². The summed E-state index contributed by atoms with van der Waals surface area (Å²) < 4.78 is 1.72. The molecule has 6 nitrogen and oxygen atoms in total. The number of aromatic carboxylic acids is 1. The van der Waals surface area contributed by atoms with Crippen molar-refractivity contribution in [2.45, 2.75) is 25.8 Å². The number of nitrogens with one attached hydrogen (secondary N) is 1. The maximum Gasteiger partial charge on any atom is 0.335 e. The molecule has 1 aliphatic rings. The second kappa shape index (κ2) is 5.37. The molecule has 0 spiro atoms. The van der Waals surface area contributed by atoms with Gasteiger partial charge in [-0.25, -0.2) is 9.59 Å². The Hall–Kier alpha value is -2.08. The van der Waals surface area contributed by atoms with E-state index in [1.165, 1.54) is 25.0 Å². The van der Waals surface area contributed by atoms with E-state index < -0.39 is 5.97 Å². The Labute approximate surface area is 122 Å². The number of hydrogen-bond acceptors (Lipinski definition) is 3. The van der Waals surface area contributed by atoms with Crippen LogP contribution in [0.15, 0.2) is 23.0 Å². The Balaban J connectivity index is 1.95. The lowest BCUT2D eigenvalue weighted by molar-refractivity contribution is 0.0697. The zero-order valence-corrected chi connectivity index (χ0v) is 12.0. The maximum absolute atomic E-state index is 12.2. The third-order valence-corrected chi connectivity index (χ3v) is 4.13. The highest BCUT2D eigenvalue weighted by molar-refractivity contribution is 5.92. The minimum Gasteiger partial charge on any atom is -0.478 e. The molecule has 1 atom stereocenters. The number of likely N-dealkylation sites (tertiary alicyclic amines) is 1. The van der Waals surface area contributed by atoms with E-state index in [4.69, 9.17) is 5.11 Å². The number of aromatic nitrogens is 2. The molecule has 1 aliphatic heterocycles. The zero-order chi connectivity index (χ0) is 15.0. The molecule has 1 unspecified atom stereocenters. The number of carboxylic acid groups (broad SMARTS) is 1. The number of benzene rings is 1. The summed E-state index contributed by atoms with van der Waals surface area (Å²) in [4.78, 5) is 28.3. The molecule has 112 valence electrons. The van der Waals surface area contributed by atoms with Crippen LogP contribution in [0.3, 0.4) is 0 Å². The molecule has 0 bridgehead atoms. The van der Waals surface area contributed by atoms with Crippen molar-refractivity contribution in [1.82, 2.24) is 14.5 Å². The highest BCUT2D eigenvalue weighted by Gasteiger charge is 2.19. The Bertz CT molecular complexity index is 725. The number of aromatic amines is 1. The Morgan fingerprint density at radius 1 is 1.38 bits per heavy atom. The van der Waals surface area contributed by atoms with E-state index in [9.17, 15) is 9.59 Å². The van der Waals surface area contributed by atoms with Crippen molar-refractivity contribution in [2.75, 3.05) is 19.6 Å². The van der Waals surface area contributed by atoms with Crippen LogP contribution >= 0.6 is 0 Å². The van der Waals surface area contributed by atoms with Crippen LogP contribution < -0.4 is 5.69 Å². The Kier molecular flexibility index (Phi) is 3.55. The fraction of sp³-hybridized carbons (Fsp3) is 0.467. The number of nitrogens with zero attached hydrogens (tertiary/aromatic N) is 2. The van der Waals surface area contributed by atoms with E-state index in [-0.39, 0.29) is 17.3 Å². The van der Waals surface area contributed by atoms with E-state index in [0.29, 0.717) is 5.52 Å². The van der Waals surface area contributed by atoms with Crippen LogP contribution in [0.1, 0.15) is 36.2 Å². The van der Waals surface area contributed by atoms with Gasteiger partial charge >= 0.3 is 11.7 Å². The highest BCUT2D eigenvalue weighted by Crippen LogP contribution is 2.19. The third kappa shape index (κ3) is 2.58. The fourth-order valence-corrected chi connectivity index (χ4v) is 3.12. The van der Waals surface area contributed by atoms with E-state index >= 15 is 0 Å². The van der Waals surface area contributed by atoms with Gasteiger partial charge in [0.1, 0.15) is 0 Å². The molecule has 2 N–H and O–H groups in total. The maximum atomic E-state index is 12.2. The molecular formula is C15H19N3O3. The molecule has 0 radical (unpaired) electrons. The van der Waals surface area contributed by atoms with Crippen molar-refractivity contribution in [3.8, 4) is 0 Å². The normalized spacial score (nSPS) is 17.4. The number of rotatable bonds is 4. The highest BCUT2D eigenvalue weighted by atomic mass is 16.4. The molecule has 1 saturated heterocycles. The number of H-pyrrole nitrogens is 1. The average Bonchev–Trinajstić information content (AvgIpc) is 3.03. The first-order valence-corrected chi connectivity index (χ1v) is 7.26. The number of carboxylic acids is 1. The summed E-state index contributed by atoms with van der Waals surface area (Å²) in [6.45, 7) is 5.04. The monoisotopic (exact) mass is 289 g/mol. The number of carbonyl (C=O) groups is 1. The zero-order valence-electron chi connectivity index (χ0n) is 12.0. The van der Waals surface area contributed by atoms with Crippen LogP contribution in [0.4, 0.5) is 0 Å². The molecule has 2 aromatic rings. The molecule has 2 heterocycles. The lowest BCUT2D eigenvalue weighted by atomic mass is 10.2. The van der Waals surface area contributed by atoms with Crippen LogP contribution in [0.5, 0.6) is 0 Å². The predicted molar refractivity (Wildman–Crippen MR) is 79.9 cm³/mol. The summed E-state index contributed by atoms with van der Waals surface area (Å²) in [5.41, 5.74) is 1.34. The van der Waals surface area contributed by atoms with Crippen molar-refractivity contribution in [1.29, 1.82) is 0 Å². The van der Waals surface area contributed by atoms with Gasteiger partial charge in [-0.15, -0.1) is 0 Å². The molecule has 1 fully saturated rings. The van der Waals surface area contributed by atoms with Gasteiger partial charge < -0.3 is 15.0 Å². The van der Waals surface area contributed by atoms with Gasteiger partial charge in [0, 0.05) is 12.6 Å². The minimum atomic E-state index is -0.990. The number of hydrogen-bond donors (Lipinski definition) is 2. The Morgan fingerprint density at radius 2 is 2.10 bits per heavy atom. The van der Waals surface area contributed by atoms with E-state index in [1.807, 2.05) is 6.92 Å². The van der Waals surface area contributed by atoms with Crippen molar-refractivity contribution in [2.24, 2.45) is 0 Å². The quantitative estimate of drug-likeness (QED) is 0.897. The third-order valence-electron chi connectivity index (χ3n) is 4.13. The van der Waals surface area contributed by atoms with Gasteiger partial charge in [0.25, 0.3) is 0 Å². The van der Waals surface area contributed by atoms with Gasteiger partial charge in [0.15, 0.2) is 0 Å². The van der Waals surface area contributed by atoms with Crippen LogP contribution in [-0.2, 0) is 0 Å². The number of imidazole rings is 1. The molecule has 1 aromatic heterocycles. The summed E-state index contributed by atoms with van der Waals surface area (Å²) >= 11 is 0. The summed E-state index contributed by atoms with van der Waals surface area (Å²) in [6, 6.07) is 4.81. The first-order chi connectivity index (χ1) is 10.1. The van der Waals surface area contributed by atoms with Gasteiger partial charge in [0.2, 0.25) is 0 Å². The first kappa shape index (κ1) is 13.9. The van der Waals surface area contributed by atoms with Gasteiger partial charge in [0.05, 0.1) is 16.6 Å². The standard InChI is InChI=1S/C15H19N3O3/c1-10(9-17-6-2-3-7-17)18-13-5-4-11(14(19)20)8-12(13)16-15(18)21/h4-5,8,10H,2-3,6-7,9H2,1H3,(H,16,21)(H,19,20). The largest absolute Gasteiger partial charge is 0.478 e. The van der Waals surface area contributed by atoms with Crippen molar-refractivity contribution in [3.63, 3.8) is 0 Å². The lowest BCUT2D eigenvalue weighted by Gasteiger charge is -2.21. The summed E-state index contributed by atoms with van der Waals surface area (Å²) in [5.74, 6) is -0.990. The van der Waals surface area contributed by atoms with Gasteiger partial charge in [-0.2, -0.15) is 0 Å². The van der Waals surface area contributed by atoms with Crippen molar-refractivity contribution < 1.29 is 9.90 Å². The SMILES string of the molecule is CC(CN1CCCC1)n1c(=O)[nH]c2cc(C(=O)O)ccc21. The molecule has 0 aliphatic carbocycles. The smallest absolute Gasteiger partial charge is 0.335 e. The number of fused-ring (bicyclic) bond motifs is 1. The van der Waals surface area contributed by atoms with E-state index in [0.717, 1.165) is 25.2 Å². The molecule has 21 heavy (non-hydrogen) atoms. The Morgan fingerprint density at radius 3 is 2.76 bits per heavy atom. The van der Waals surface area contributed by atoms with Crippen LogP contribution in [0.25, 0.3) is 11.0 Å². The second-order valence-corrected chi connectivity index (χ2v) is 5.69. The minimum absolute atomic E-state index is 0.0556. The summed E-state index contributed by atoms with van der Waals surface area (Å²) in [5, 5.41) is 9.01. The second-order valence-electron chi connectivity index (χ2n) is 5.69.